The van der Waals surface area contributed by atoms with Crippen molar-refractivity contribution in [3.8, 4) is 0 Å². The average molecular weight is 411 g/mol. The Labute approximate surface area is 176 Å². The van der Waals surface area contributed by atoms with Gasteiger partial charge in [0.15, 0.2) is 5.11 Å². The van der Waals surface area contributed by atoms with E-state index >= 15 is 0 Å². The lowest BCUT2D eigenvalue weighted by Crippen LogP contribution is -2.30. The van der Waals surface area contributed by atoms with Crippen molar-refractivity contribution in [1.82, 2.24) is 19.7 Å². The minimum absolute atomic E-state index is 0.113. The summed E-state index contributed by atoms with van der Waals surface area (Å²) in [6, 6.07) is 6.18. The van der Waals surface area contributed by atoms with Gasteiger partial charge in [0.2, 0.25) is 5.91 Å². The number of thiocarbonyl (C=S) groups is 1. The van der Waals surface area contributed by atoms with Crippen LogP contribution in [0.3, 0.4) is 0 Å². The number of rotatable bonds is 5. The molecule has 2 aromatic rings. The monoisotopic (exact) mass is 410 g/mol. The molecule has 1 aromatic heterocycles. The molecular weight excluding hydrogens is 384 g/mol. The van der Waals surface area contributed by atoms with Gasteiger partial charge in [-0.25, -0.2) is 0 Å². The van der Waals surface area contributed by atoms with Crippen LogP contribution in [-0.4, -0.2) is 50.9 Å². The molecule has 4 rings (SSSR count). The van der Waals surface area contributed by atoms with Gasteiger partial charge in [0, 0.05) is 36.8 Å². The fraction of sp³-hybridized carbons (Fsp3) is 0.409. The highest BCUT2D eigenvalue weighted by molar-refractivity contribution is 7.80. The van der Waals surface area contributed by atoms with Gasteiger partial charge in [0.25, 0.3) is 5.91 Å². The third-order valence-electron chi connectivity index (χ3n) is 5.74. The van der Waals surface area contributed by atoms with Crippen molar-refractivity contribution >= 4 is 46.1 Å². The number of hydrogen-bond acceptors (Lipinski definition) is 3. The highest BCUT2D eigenvalue weighted by Crippen LogP contribution is 2.28. The van der Waals surface area contributed by atoms with E-state index in [9.17, 15) is 9.59 Å². The van der Waals surface area contributed by atoms with Crippen LogP contribution in [0.5, 0.6) is 0 Å². The zero-order valence-electron chi connectivity index (χ0n) is 16.9. The van der Waals surface area contributed by atoms with Gasteiger partial charge in [-0.3, -0.25) is 14.5 Å². The van der Waals surface area contributed by atoms with E-state index in [2.05, 4.69) is 18.3 Å². The molecule has 0 radical (unpaired) electrons. The zero-order chi connectivity index (χ0) is 20.5. The number of benzene rings is 1. The standard InChI is InChI=1S/C22H26N4O2S/c1-3-15-8-7-9-17-16(12-18-21(28)26(4-2)22(29)23-18)13-25(20(15)17)14-19(27)24-10-5-6-11-24/h7-9,12-13H,3-6,10-11,14H2,1-2H3,(H,23,29)/b18-12+. The number of carbonyl (C=O) groups excluding carboxylic acids is 2. The Morgan fingerprint density at radius 1 is 1.24 bits per heavy atom. The molecule has 2 fully saturated rings. The van der Waals surface area contributed by atoms with Crippen molar-refractivity contribution in [2.45, 2.75) is 39.7 Å². The number of likely N-dealkylation sites (N-methyl/N-ethyl adjacent to an activating group) is 1. The van der Waals surface area contributed by atoms with Crippen LogP contribution in [0.1, 0.15) is 37.8 Å². The normalized spacial score (nSPS) is 18.3. The van der Waals surface area contributed by atoms with E-state index in [0.29, 0.717) is 23.9 Å². The second kappa shape index (κ2) is 7.99. The van der Waals surface area contributed by atoms with Gasteiger partial charge >= 0.3 is 0 Å². The molecule has 0 bridgehead atoms. The van der Waals surface area contributed by atoms with Crippen LogP contribution in [0.2, 0.25) is 0 Å². The van der Waals surface area contributed by atoms with Crippen LogP contribution >= 0.6 is 12.2 Å². The van der Waals surface area contributed by atoms with Gasteiger partial charge < -0.3 is 14.8 Å². The predicted octanol–water partition coefficient (Wildman–Crippen LogP) is 2.90. The van der Waals surface area contributed by atoms with Crippen molar-refractivity contribution in [2.75, 3.05) is 19.6 Å². The third-order valence-corrected chi connectivity index (χ3v) is 6.06. The molecule has 3 heterocycles. The van der Waals surface area contributed by atoms with Crippen molar-refractivity contribution in [3.05, 3.63) is 41.2 Å². The molecule has 152 valence electrons. The quantitative estimate of drug-likeness (QED) is 0.608. The summed E-state index contributed by atoms with van der Waals surface area (Å²) in [4.78, 5) is 28.9. The molecule has 0 unspecified atom stereocenters. The van der Waals surface area contributed by atoms with E-state index in [0.717, 1.165) is 48.8 Å². The van der Waals surface area contributed by atoms with E-state index in [1.807, 2.05) is 40.8 Å². The molecule has 0 aliphatic carbocycles. The van der Waals surface area contributed by atoms with Crippen molar-refractivity contribution < 1.29 is 9.59 Å². The number of carbonyl (C=O) groups is 2. The van der Waals surface area contributed by atoms with Crippen LogP contribution in [0.4, 0.5) is 0 Å². The van der Waals surface area contributed by atoms with Crippen molar-refractivity contribution in [3.63, 3.8) is 0 Å². The molecule has 0 atom stereocenters. The number of aryl methyl sites for hydroxylation is 1. The highest BCUT2D eigenvalue weighted by atomic mass is 32.1. The summed E-state index contributed by atoms with van der Waals surface area (Å²) < 4.78 is 2.04. The van der Waals surface area contributed by atoms with Crippen LogP contribution in [0, 0.1) is 0 Å². The number of para-hydroxylation sites is 1. The molecule has 1 aromatic carbocycles. The van der Waals surface area contributed by atoms with E-state index in [1.54, 1.807) is 4.90 Å². The van der Waals surface area contributed by atoms with Crippen molar-refractivity contribution in [2.24, 2.45) is 0 Å². The first-order valence-electron chi connectivity index (χ1n) is 10.3. The number of aromatic nitrogens is 1. The van der Waals surface area contributed by atoms with Crippen molar-refractivity contribution in [1.29, 1.82) is 0 Å². The molecule has 2 aliphatic rings. The number of nitrogens with zero attached hydrogens (tertiary/aromatic N) is 3. The molecule has 0 saturated carbocycles. The first-order valence-corrected chi connectivity index (χ1v) is 10.7. The molecule has 1 N–H and O–H groups in total. The van der Waals surface area contributed by atoms with Crippen LogP contribution < -0.4 is 5.32 Å². The van der Waals surface area contributed by atoms with Gasteiger partial charge in [0.05, 0.1) is 5.52 Å². The Balaban J connectivity index is 1.75. The number of likely N-dealkylation sites (tertiary alicyclic amines) is 1. The van der Waals surface area contributed by atoms with E-state index < -0.39 is 0 Å². The lowest BCUT2D eigenvalue weighted by molar-refractivity contribution is -0.130. The van der Waals surface area contributed by atoms with Gasteiger partial charge in [-0.1, -0.05) is 25.1 Å². The zero-order valence-corrected chi connectivity index (χ0v) is 17.7. The number of amides is 2. The molecule has 6 nitrogen and oxygen atoms in total. The Kier molecular flexibility index (Phi) is 5.41. The second-order valence-corrected chi connectivity index (χ2v) is 7.89. The Hall–Kier alpha value is -2.67. The lowest BCUT2D eigenvalue weighted by atomic mass is 10.1. The Morgan fingerprint density at radius 3 is 2.66 bits per heavy atom. The van der Waals surface area contributed by atoms with Gasteiger partial charge in [-0.15, -0.1) is 0 Å². The molecule has 0 spiro atoms. The van der Waals surface area contributed by atoms with Gasteiger partial charge in [-0.05, 0) is 50.0 Å². The fourth-order valence-corrected chi connectivity index (χ4v) is 4.54. The van der Waals surface area contributed by atoms with E-state index in [4.69, 9.17) is 12.2 Å². The number of nitrogens with one attached hydrogen (secondary N) is 1. The minimum atomic E-state index is -0.113. The van der Waals surface area contributed by atoms with Crippen LogP contribution in [0.25, 0.3) is 17.0 Å². The summed E-state index contributed by atoms with van der Waals surface area (Å²) in [5.41, 5.74) is 3.65. The fourth-order valence-electron chi connectivity index (χ4n) is 4.22. The number of fused-ring (bicyclic) bond motifs is 1. The summed E-state index contributed by atoms with van der Waals surface area (Å²) in [5.74, 6) is 0.0381. The first kappa shape index (κ1) is 19.6. The highest BCUT2D eigenvalue weighted by Gasteiger charge is 2.29. The van der Waals surface area contributed by atoms with E-state index in [-0.39, 0.29) is 11.8 Å². The average Bonchev–Trinajstić information content (AvgIpc) is 3.42. The summed E-state index contributed by atoms with van der Waals surface area (Å²) in [6.45, 7) is 6.56. The maximum Gasteiger partial charge on any atom is 0.276 e. The maximum absolute atomic E-state index is 12.8. The molecule has 2 aliphatic heterocycles. The topological polar surface area (TPSA) is 57.6 Å². The van der Waals surface area contributed by atoms with Crippen LogP contribution in [0.15, 0.2) is 30.1 Å². The lowest BCUT2D eigenvalue weighted by Gasteiger charge is -2.16. The third kappa shape index (κ3) is 3.55. The summed E-state index contributed by atoms with van der Waals surface area (Å²) in [6.07, 6.45) is 6.87. The molecule has 2 amide bonds. The molecular formula is C22H26N4O2S. The summed E-state index contributed by atoms with van der Waals surface area (Å²) >= 11 is 5.27. The Bertz CT molecular complexity index is 1020. The smallest absolute Gasteiger partial charge is 0.276 e. The minimum Gasteiger partial charge on any atom is -0.341 e. The predicted molar refractivity (Wildman–Crippen MR) is 118 cm³/mol. The first-order chi connectivity index (χ1) is 14.0. The van der Waals surface area contributed by atoms with E-state index in [1.165, 1.54) is 5.56 Å². The van der Waals surface area contributed by atoms with Gasteiger partial charge in [-0.2, -0.15) is 0 Å². The largest absolute Gasteiger partial charge is 0.341 e. The summed E-state index contributed by atoms with van der Waals surface area (Å²) in [7, 11) is 0. The summed E-state index contributed by atoms with van der Waals surface area (Å²) in [5, 5.41) is 4.50. The SMILES string of the molecule is CCc1cccc2c(/C=C3/NC(=S)N(CC)C3=O)cn(CC(=O)N3CCCC3)c12. The molecule has 2 saturated heterocycles. The second-order valence-electron chi connectivity index (χ2n) is 7.50. The van der Waals surface area contributed by atoms with Gasteiger partial charge in [0.1, 0.15) is 12.2 Å². The molecule has 29 heavy (non-hydrogen) atoms. The maximum atomic E-state index is 12.8. The molecule has 7 heteroatoms. The van der Waals surface area contributed by atoms with Crippen LogP contribution in [-0.2, 0) is 22.6 Å². The Morgan fingerprint density at radius 2 is 2.00 bits per heavy atom. The number of hydrogen-bond donors (Lipinski definition) is 1.